The van der Waals surface area contributed by atoms with Gasteiger partial charge in [0.1, 0.15) is 5.75 Å². The molecule has 134 valence electrons. The molecule has 0 fully saturated rings. The minimum atomic E-state index is -0.665. The molecule has 1 aromatic heterocycles. The van der Waals surface area contributed by atoms with Gasteiger partial charge in [0.15, 0.2) is 6.10 Å². The minimum Gasteiger partial charge on any atom is -0.481 e. The third kappa shape index (κ3) is 4.62. The number of benzene rings is 2. The van der Waals surface area contributed by atoms with Crippen molar-refractivity contribution in [2.75, 3.05) is 0 Å². The summed E-state index contributed by atoms with van der Waals surface area (Å²) in [6.07, 6.45) is -0.665. The molecule has 3 aromatic rings. The summed E-state index contributed by atoms with van der Waals surface area (Å²) in [6, 6.07) is 14.4. The first-order chi connectivity index (χ1) is 12.5. The number of nitrogens with zero attached hydrogens (tertiary/aromatic N) is 2. The molecular weight excluding hydrogens is 422 g/mol. The summed E-state index contributed by atoms with van der Waals surface area (Å²) >= 11 is 9.46. The molecule has 0 spiro atoms. The Morgan fingerprint density at radius 2 is 2.00 bits per heavy atom. The Morgan fingerprint density at radius 3 is 2.73 bits per heavy atom. The third-order valence-electron chi connectivity index (χ3n) is 3.49. The van der Waals surface area contributed by atoms with Crippen LogP contribution in [0.4, 0.5) is 0 Å². The smallest absolute Gasteiger partial charge is 0.261 e. The van der Waals surface area contributed by atoms with Crippen LogP contribution in [0.5, 0.6) is 5.75 Å². The molecule has 26 heavy (non-hydrogen) atoms. The van der Waals surface area contributed by atoms with Gasteiger partial charge >= 0.3 is 0 Å². The van der Waals surface area contributed by atoms with E-state index < -0.39 is 6.10 Å². The molecule has 1 heterocycles. The number of hydrogen-bond donors (Lipinski definition) is 1. The average molecular weight is 437 g/mol. The van der Waals surface area contributed by atoms with Gasteiger partial charge in [0, 0.05) is 10.0 Å². The molecule has 6 nitrogen and oxygen atoms in total. The highest BCUT2D eigenvalue weighted by molar-refractivity contribution is 9.10. The summed E-state index contributed by atoms with van der Waals surface area (Å²) in [5, 5.41) is 7.12. The highest BCUT2D eigenvalue weighted by Gasteiger charge is 2.17. The van der Waals surface area contributed by atoms with Crippen LogP contribution in [0.2, 0.25) is 5.02 Å². The zero-order valence-electron chi connectivity index (χ0n) is 13.8. The number of carbonyl (C=O) groups excluding carboxylic acids is 1. The number of amides is 1. The topological polar surface area (TPSA) is 77.2 Å². The van der Waals surface area contributed by atoms with E-state index in [0.29, 0.717) is 22.2 Å². The van der Waals surface area contributed by atoms with Gasteiger partial charge < -0.3 is 14.6 Å². The van der Waals surface area contributed by atoms with Crippen molar-refractivity contribution in [2.45, 2.75) is 19.6 Å². The molecule has 0 radical (unpaired) electrons. The fourth-order valence-corrected chi connectivity index (χ4v) is 2.64. The summed E-state index contributed by atoms with van der Waals surface area (Å²) in [7, 11) is 0. The van der Waals surface area contributed by atoms with E-state index in [1.54, 1.807) is 31.2 Å². The highest BCUT2D eigenvalue weighted by atomic mass is 79.9. The third-order valence-corrected chi connectivity index (χ3v) is 4.35. The molecule has 0 bridgehead atoms. The quantitative estimate of drug-likeness (QED) is 0.625. The molecule has 1 unspecified atom stereocenters. The highest BCUT2D eigenvalue weighted by Crippen LogP contribution is 2.24. The number of nitrogens with one attached hydrogen (secondary N) is 1. The second-order valence-electron chi connectivity index (χ2n) is 5.42. The van der Waals surface area contributed by atoms with Crippen molar-refractivity contribution >= 4 is 33.4 Å². The number of ether oxygens (including phenoxy) is 1. The van der Waals surface area contributed by atoms with Crippen molar-refractivity contribution in [1.29, 1.82) is 0 Å². The lowest BCUT2D eigenvalue weighted by molar-refractivity contribution is -0.127. The lowest BCUT2D eigenvalue weighted by atomic mass is 10.2. The zero-order chi connectivity index (χ0) is 18.5. The molecule has 0 aliphatic heterocycles. The molecule has 3 rings (SSSR count). The Kier molecular flexibility index (Phi) is 5.90. The summed E-state index contributed by atoms with van der Waals surface area (Å²) in [5.41, 5.74) is 0.669. The van der Waals surface area contributed by atoms with Gasteiger partial charge in [-0.3, -0.25) is 4.79 Å². The second-order valence-corrected chi connectivity index (χ2v) is 6.75. The number of carbonyl (C=O) groups is 1. The van der Waals surface area contributed by atoms with Crippen LogP contribution in [0.3, 0.4) is 0 Å². The van der Waals surface area contributed by atoms with Crippen molar-refractivity contribution in [3.63, 3.8) is 0 Å². The normalized spacial score (nSPS) is 11.8. The van der Waals surface area contributed by atoms with Crippen LogP contribution in [0.15, 0.2) is 57.5 Å². The Morgan fingerprint density at radius 1 is 1.27 bits per heavy atom. The first-order valence-corrected chi connectivity index (χ1v) is 8.97. The lowest BCUT2D eigenvalue weighted by Gasteiger charge is -2.13. The van der Waals surface area contributed by atoms with Crippen LogP contribution in [0.1, 0.15) is 12.8 Å². The molecule has 2 aromatic carbocycles. The van der Waals surface area contributed by atoms with Gasteiger partial charge in [0.2, 0.25) is 11.7 Å². The number of rotatable bonds is 6. The molecular formula is C18H15BrClN3O3. The van der Waals surface area contributed by atoms with Crippen molar-refractivity contribution in [1.82, 2.24) is 15.5 Å². The average Bonchev–Trinajstić information content (AvgIpc) is 3.10. The molecule has 1 atom stereocenters. The maximum atomic E-state index is 12.2. The van der Waals surface area contributed by atoms with E-state index >= 15 is 0 Å². The fourth-order valence-electron chi connectivity index (χ4n) is 2.16. The predicted molar refractivity (Wildman–Crippen MR) is 101 cm³/mol. The van der Waals surface area contributed by atoms with E-state index in [0.717, 1.165) is 4.47 Å². The number of aromatic nitrogens is 2. The van der Waals surface area contributed by atoms with Gasteiger partial charge in [-0.15, -0.1) is 0 Å². The van der Waals surface area contributed by atoms with Gasteiger partial charge in [-0.05, 0) is 43.3 Å². The molecule has 0 saturated carbocycles. The van der Waals surface area contributed by atoms with Crippen LogP contribution in [0, 0.1) is 0 Å². The molecule has 8 heteroatoms. The van der Waals surface area contributed by atoms with E-state index in [9.17, 15) is 4.79 Å². The van der Waals surface area contributed by atoms with Crippen LogP contribution in [-0.2, 0) is 11.3 Å². The van der Waals surface area contributed by atoms with E-state index in [1.165, 1.54) is 0 Å². The molecule has 0 aliphatic carbocycles. The van der Waals surface area contributed by atoms with Crippen LogP contribution < -0.4 is 10.1 Å². The predicted octanol–water partition coefficient (Wildman–Crippen LogP) is 4.24. The van der Waals surface area contributed by atoms with Crippen molar-refractivity contribution < 1.29 is 14.1 Å². The van der Waals surface area contributed by atoms with Crippen molar-refractivity contribution in [3.8, 4) is 17.1 Å². The Hall–Kier alpha value is -2.38. The molecule has 1 N–H and O–H groups in total. The van der Waals surface area contributed by atoms with Gasteiger partial charge in [0.25, 0.3) is 5.91 Å². The monoisotopic (exact) mass is 435 g/mol. The van der Waals surface area contributed by atoms with E-state index in [4.69, 9.17) is 20.9 Å². The zero-order valence-corrected chi connectivity index (χ0v) is 16.1. The van der Waals surface area contributed by atoms with Gasteiger partial charge in [0.05, 0.1) is 11.6 Å². The van der Waals surface area contributed by atoms with Crippen LogP contribution in [-0.4, -0.2) is 22.2 Å². The minimum absolute atomic E-state index is 0.102. The van der Waals surface area contributed by atoms with Crippen molar-refractivity contribution in [3.05, 3.63) is 63.9 Å². The van der Waals surface area contributed by atoms with Gasteiger partial charge in [-0.2, -0.15) is 4.98 Å². The number of halogens is 2. The van der Waals surface area contributed by atoms with Crippen LogP contribution >= 0.6 is 27.5 Å². The van der Waals surface area contributed by atoms with E-state index in [2.05, 4.69) is 31.4 Å². The molecule has 1 amide bonds. The maximum absolute atomic E-state index is 12.2. The van der Waals surface area contributed by atoms with E-state index in [1.807, 2.05) is 24.3 Å². The first kappa shape index (κ1) is 18.4. The fraction of sp³-hybridized carbons (Fsp3) is 0.167. The summed E-state index contributed by atoms with van der Waals surface area (Å²) < 4.78 is 11.7. The summed E-state index contributed by atoms with van der Waals surface area (Å²) in [6.45, 7) is 1.77. The largest absolute Gasteiger partial charge is 0.481 e. The van der Waals surface area contributed by atoms with E-state index in [-0.39, 0.29) is 18.3 Å². The summed E-state index contributed by atoms with van der Waals surface area (Å²) in [4.78, 5) is 16.4. The van der Waals surface area contributed by atoms with Gasteiger partial charge in [-0.25, -0.2) is 0 Å². The summed E-state index contributed by atoms with van der Waals surface area (Å²) in [5.74, 6) is 0.975. The Labute approximate surface area is 163 Å². The van der Waals surface area contributed by atoms with Gasteiger partial charge in [-0.1, -0.05) is 44.8 Å². The van der Waals surface area contributed by atoms with Crippen molar-refractivity contribution in [2.24, 2.45) is 0 Å². The lowest BCUT2D eigenvalue weighted by Crippen LogP contribution is -2.35. The molecule has 0 saturated heterocycles. The standard InChI is InChI=1S/C18H15BrClN3O3/c1-11(25-13-8-6-12(19)7-9-13)18(24)21-10-16-22-17(23-26-16)14-4-2-3-5-15(14)20/h2-9,11H,10H2,1H3,(H,21,24). The first-order valence-electron chi connectivity index (χ1n) is 7.80. The number of hydrogen-bond acceptors (Lipinski definition) is 5. The maximum Gasteiger partial charge on any atom is 0.261 e. The molecule has 0 aliphatic rings. The Bertz CT molecular complexity index is 899. The Balaban J connectivity index is 1.56. The van der Waals surface area contributed by atoms with Crippen LogP contribution in [0.25, 0.3) is 11.4 Å². The second kappa shape index (κ2) is 8.33. The SMILES string of the molecule is CC(Oc1ccc(Br)cc1)C(=O)NCc1nc(-c2ccccc2Cl)no1.